The van der Waals surface area contributed by atoms with Crippen molar-refractivity contribution in [3.8, 4) is 0 Å². The number of nitrogens with one attached hydrogen (secondary N) is 1. The molecular weight excluding hydrogens is 266 g/mol. The summed E-state index contributed by atoms with van der Waals surface area (Å²) in [5.41, 5.74) is 0.160. The molecule has 5 heteroatoms. The van der Waals surface area contributed by atoms with E-state index in [1.807, 2.05) is 4.90 Å². The molecule has 0 aliphatic carbocycles. The van der Waals surface area contributed by atoms with Gasteiger partial charge in [0.1, 0.15) is 0 Å². The molecule has 2 aliphatic heterocycles. The van der Waals surface area contributed by atoms with Crippen LogP contribution in [0.15, 0.2) is 0 Å². The summed E-state index contributed by atoms with van der Waals surface area (Å²) in [6.07, 6.45) is 2.79. The summed E-state index contributed by atoms with van der Waals surface area (Å²) in [4.78, 5) is 16.7. The van der Waals surface area contributed by atoms with Gasteiger partial charge < -0.3 is 15.0 Å². The van der Waals surface area contributed by atoms with E-state index in [1.165, 1.54) is 0 Å². The van der Waals surface area contributed by atoms with Crippen LogP contribution in [0.3, 0.4) is 0 Å². The quantitative estimate of drug-likeness (QED) is 0.844. The fourth-order valence-electron chi connectivity index (χ4n) is 3.12. The SMILES string of the molecule is CC(C)(C)NC1CCN(C(=O)CCN2CCOCC2)CC1. The Morgan fingerprint density at radius 1 is 1.14 bits per heavy atom. The topological polar surface area (TPSA) is 44.8 Å². The Labute approximate surface area is 129 Å². The highest BCUT2D eigenvalue weighted by molar-refractivity contribution is 5.76. The van der Waals surface area contributed by atoms with Crippen LogP contribution >= 0.6 is 0 Å². The molecule has 2 rings (SSSR count). The van der Waals surface area contributed by atoms with Crippen LogP contribution in [0.4, 0.5) is 0 Å². The minimum absolute atomic E-state index is 0.160. The number of hydrogen-bond acceptors (Lipinski definition) is 4. The van der Waals surface area contributed by atoms with Gasteiger partial charge in [0.05, 0.1) is 13.2 Å². The van der Waals surface area contributed by atoms with E-state index in [0.717, 1.165) is 58.8 Å². The molecular formula is C16H31N3O2. The van der Waals surface area contributed by atoms with Gasteiger partial charge >= 0.3 is 0 Å². The summed E-state index contributed by atoms with van der Waals surface area (Å²) in [6.45, 7) is 12.8. The zero-order chi connectivity index (χ0) is 15.3. The lowest BCUT2D eigenvalue weighted by Gasteiger charge is -2.36. The number of piperidine rings is 1. The van der Waals surface area contributed by atoms with Crippen LogP contribution in [0.1, 0.15) is 40.0 Å². The predicted octanol–water partition coefficient (Wildman–Crippen LogP) is 1.09. The van der Waals surface area contributed by atoms with Crippen molar-refractivity contribution in [2.75, 3.05) is 45.9 Å². The number of likely N-dealkylation sites (tertiary alicyclic amines) is 1. The largest absolute Gasteiger partial charge is 0.379 e. The summed E-state index contributed by atoms with van der Waals surface area (Å²) in [6, 6.07) is 0.549. The number of rotatable bonds is 4. The molecule has 0 aromatic heterocycles. The summed E-state index contributed by atoms with van der Waals surface area (Å²) in [5.74, 6) is 0.315. The van der Waals surface area contributed by atoms with Crippen LogP contribution < -0.4 is 5.32 Å². The number of morpholine rings is 1. The van der Waals surface area contributed by atoms with Crippen LogP contribution in [0.2, 0.25) is 0 Å². The van der Waals surface area contributed by atoms with Crippen molar-refractivity contribution in [3.05, 3.63) is 0 Å². The Bertz CT molecular complexity index is 327. The highest BCUT2D eigenvalue weighted by Gasteiger charge is 2.25. The Morgan fingerprint density at radius 2 is 1.76 bits per heavy atom. The second-order valence-electron chi connectivity index (χ2n) is 7.25. The van der Waals surface area contributed by atoms with Gasteiger partial charge in [0.15, 0.2) is 0 Å². The molecule has 2 fully saturated rings. The van der Waals surface area contributed by atoms with Gasteiger partial charge in [-0.05, 0) is 33.6 Å². The predicted molar refractivity (Wildman–Crippen MR) is 84.4 cm³/mol. The molecule has 2 saturated heterocycles. The minimum Gasteiger partial charge on any atom is -0.379 e. The Kier molecular flexibility index (Phi) is 6.02. The molecule has 0 aromatic carbocycles. The van der Waals surface area contributed by atoms with Gasteiger partial charge in [0.2, 0.25) is 5.91 Å². The first-order chi connectivity index (χ1) is 9.94. The standard InChI is InChI=1S/C16H31N3O2/c1-16(2,3)17-14-4-8-19(9-5-14)15(20)6-7-18-10-12-21-13-11-18/h14,17H,4-13H2,1-3H3. The van der Waals surface area contributed by atoms with E-state index in [1.54, 1.807) is 0 Å². The number of ether oxygens (including phenoxy) is 1. The lowest BCUT2D eigenvalue weighted by atomic mass is 10.00. The maximum Gasteiger partial charge on any atom is 0.223 e. The van der Waals surface area contributed by atoms with E-state index >= 15 is 0 Å². The Balaban J connectivity index is 1.65. The number of amides is 1. The van der Waals surface area contributed by atoms with Gasteiger partial charge in [-0.3, -0.25) is 9.69 Å². The first kappa shape index (κ1) is 16.7. The maximum atomic E-state index is 12.3. The van der Waals surface area contributed by atoms with Crippen LogP contribution in [-0.2, 0) is 9.53 Å². The Morgan fingerprint density at radius 3 is 2.33 bits per heavy atom. The average molecular weight is 297 g/mol. The molecule has 0 saturated carbocycles. The third-order valence-corrected chi connectivity index (χ3v) is 4.23. The van der Waals surface area contributed by atoms with Crippen LogP contribution in [0, 0.1) is 0 Å². The van der Waals surface area contributed by atoms with Crippen LogP contribution in [0.5, 0.6) is 0 Å². The summed E-state index contributed by atoms with van der Waals surface area (Å²) in [7, 11) is 0. The molecule has 5 nitrogen and oxygen atoms in total. The van der Waals surface area contributed by atoms with Crippen molar-refractivity contribution in [3.63, 3.8) is 0 Å². The van der Waals surface area contributed by atoms with Crippen molar-refractivity contribution >= 4 is 5.91 Å². The zero-order valence-corrected chi connectivity index (χ0v) is 13.9. The molecule has 0 atom stereocenters. The molecule has 0 unspecified atom stereocenters. The van der Waals surface area contributed by atoms with E-state index in [2.05, 4.69) is 31.0 Å². The highest BCUT2D eigenvalue weighted by Crippen LogP contribution is 2.15. The molecule has 0 radical (unpaired) electrons. The molecule has 2 heterocycles. The molecule has 21 heavy (non-hydrogen) atoms. The number of carbonyl (C=O) groups excluding carboxylic acids is 1. The molecule has 0 aromatic rings. The van der Waals surface area contributed by atoms with Crippen molar-refractivity contribution in [2.24, 2.45) is 0 Å². The molecule has 1 amide bonds. The highest BCUT2D eigenvalue weighted by atomic mass is 16.5. The van der Waals surface area contributed by atoms with Crippen molar-refractivity contribution in [1.82, 2.24) is 15.1 Å². The van der Waals surface area contributed by atoms with Gasteiger partial charge in [-0.2, -0.15) is 0 Å². The maximum absolute atomic E-state index is 12.3. The third-order valence-electron chi connectivity index (χ3n) is 4.23. The molecule has 0 spiro atoms. The van der Waals surface area contributed by atoms with Crippen molar-refractivity contribution in [2.45, 2.75) is 51.6 Å². The van der Waals surface area contributed by atoms with E-state index < -0.39 is 0 Å². The minimum atomic E-state index is 0.160. The molecule has 122 valence electrons. The average Bonchev–Trinajstić information content (AvgIpc) is 2.45. The van der Waals surface area contributed by atoms with Gasteiger partial charge in [-0.25, -0.2) is 0 Å². The summed E-state index contributed by atoms with van der Waals surface area (Å²) < 4.78 is 5.33. The van der Waals surface area contributed by atoms with E-state index in [0.29, 0.717) is 18.4 Å². The second kappa shape index (κ2) is 7.56. The lowest BCUT2D eigenvalue weighted by molar-refractivity contribution is -0.132. The van der Waals surface area contributed by atoms with E-state index in [-0.39, 0.29) is 5.54 Å². The molecule has 0 bridgehead atoms. The smallest absolute Gasteiger partial charge is 0.223 e. The fraction of sp³-hybridized carbons (Fsp3) is 0.938. The first-order valence-corrected chi connectivity index (χ1v) is 8.29. The normalized spacial score (nSPS) is 22.5. The van der Waals surface area contributed by atoms with E-state index in [4.69, 9.17) is 4.74 Å². The summed E-state index contributed by atoms with van der Waals surface area (Å²) >= 11 is 0. The lowest BCUT2D eigenvalue weighted by Crippen LogP contribution is -2.50. The van der Waals surface area contributed by atoms with Gasteiger partial charge in [-0.1, -0.05) is 0 Å². The van der Waals surface area contributed by atoms with Gasteiger partial charge in [0, 0.05) is 50.7 Å². The monoisotopic (exact) mass is 297 g/mol. The van der Waals surface area contributed by atoms with Crippen molar-refractivity contribution < 1.29 is 9.53 Å². The van der Waals surface area contributed by atoms with E-state index in [9.17, 15) is 4.79 Å². The van der Waals surface area contributed by atoms with Gasteiger partial charge in [-0.15, -0.1) is 0 Å². The fourth-order valence-corrected chi connectivity index (χ4v) is 3.12. The van der Waals surface area contributed by atoms with Crippen LogP contribution in [0.25, 0.3) is 0 Å². The molecule has 1 N–H and O–H groups in total. The second-order valence-corrected chi connectivity index (χ2v) is 7.25. The number of hydrogen-bond donors (Lipinski definition) is 1. The molecule has 2 aliphatic rings. The first-order valence-electron chi connectivity index (χ1n) is 8.29. The van der Waals surface area contributed by atoms with Crippen molar-refractivity contribution in [1.29, 1.82) is 0 Å². The zero-order valence-electron chi connectivity index (χ0n) is 13.9. The Hall–Kier alpha value is -0.650. The van der Waals surface area contributed by atoms with Gasteiger partial charge in [0.25, 0.3) is 0 Å². The third kappa shape index (κ3) is 5.93. The van der Waals surface area contributed by atoms with Crippen LogP contribution in [-0.4, -0.2) is 73.2 Å². The number of carbonyl (C=O) groups is 1. The number of nitrogens with zero attached hydrogens (tertiary/aromatic N) is 2. The summed E-state index contributed by atoms with van der Waals surface area (Å²) in [5, 5.41) is 3.64.